The van der Waals surface area contributed by atoms with Gasteiger partial charge in [0.15, 0.2) is 16.6 Å². The van der Waals surface area contributed by atoms with E-state index in [2.05, 4.69) is 9.27 Å². The molecule has 5 nitrogen and oxygen atoms in total. The number of rotatable bonds is 3. The fraction of sp³-hybridized carbons (Fsp3) is 0.727. The van der Waals surface area contributed by atoms with Gasteiger partial charge in [-0.3, -0.25) is 0 Å². The number of nitrogen functional groups attached to an aromatic ring is 1. The van der Waals surface area contributed by atoms with Crippen LogP contribution >= 0.6 is 11.5 Å². The van der Waals surface area contributed by atoms with Gasteiger partial charge in [-0.15, -0.1) is 0 Å². The van der Waals surface area contributed by atoms with Gasteiger partial charge in [-0.2, -0.15) is 4.37 Å². The van der Waals surface area contributed by atoms with Crippen LogP contribution in [0.2, 0.25) is 0 Å². The zero-order valence-corrected chi connectivity index (χ0v) is 11.3. The van der Waals surface area contributed by atoms with E-state index in [9.17, 15) is 5.11 Å². The number of β-amino-alcohol motifs (C(OH)–C–C–N with tert-alkyl or cyclic N) is 1. The molecule has 6 heteroatoms. The SMILES string of the molecule is CC(C)Oc1c(N)nsc1N1CCC(C)(O)C1. The van der Waals surface area contributed by atoms with Crippen LogP contribution in [0.25, 0.3) is 0 Å². The van der Waals surface area contributed by atoms with E-state index in [4.69, 9.17) is 10.5 Å². The van der Waals surface area contributed by atoms with Crippen LogP contribution in [-0.2, 0) is 0 Å². The summed E-state index contributed by atoms with van der Waals surface area (Å²) in [5.41, 5.74) is 5.18. The Labute approximate surface area is 105 Å². The second kappa shape index (κ2) is 4.34. The molecule has 0 radical (unpaired) electrons. The number of nitrogens with two attached hydrogens (primary N) is 1. The standard InChI is InChI=1S/C11H19N3O2S/c1-7(2)16-8-9(12)13-17-10(8)14-5-4-11(3,15)6-14/h7,15H,4-6H2,1-3H3,(H2,12,13). The lowest BCUT2D eigenvalue weighted by Crippen LogP contribution is -2.29. The Morgan fingerprint density at radius 1 is 1.59 bits per heavy atom. The van der Waals surface area contributed by atoms with Crippen molar-refractivity contribution >= 4 is 22.4 Å². The van der Waals surface area contributed by atoms with Gasteiger partial charge in [-0.1, -0.05) is 0 Å². The topological polar surface area (TPSA) is 71.6 Å². The number of hydrogen-bond acceptors (Lipinski definition) is 6. The van der Waals surface area contributed by atoms with Gasteiger partial charge in [0, 0.05) is 13.1 Å². The van der Waals surface area contributed by atoms with Crippen LogP contribution in [0.5, 0.6) is 5.75 Å². The molecule has 2 rings (SSSR count). The van der Waals surface area contributed by atoms with Gasteiger partial charge in [0.05, 0.1) is 11.7 Å². The minimum absolute atomic E-state index is 0.0653. The highest BCUT2D eigenvalue weighted by atomic mass is 32.1. The van der Waals surface area contributed by atoms with Gasteiger partial charge in [0.25, 0.3) is 0 Å². The van der Waals surface area contributed by atoms with E-state index in [1.165, 1.54) is 11.5 Å². The maximum atomic E-state index is 9.98. The summed E-state index contributed by atoms with van der Waals surface area (Å²) in [7, 11) is 0. The molecule has 1 aromatic heterocycles. The van der Waals surface area contributed by atoms with Crippen molar-refractivity contribution in [2.75, 3.05) is 23.7 Å². The largest absolute Gasteiger partial charge is 0.484 e. The van der Waals surface area contributed by atoms with Gasteiger partial charge >= 0.3 is 0 Å². The Hall–Kier alpha value is -1.01. The van der Waals surface area contributed by atoms with E-state index in [1.807, 2.05) is 20.8 Å². The van der Waals surface area contributed by atoms with Crippen molar-refractivity contribution in [2.24, 2.45) is 0 Å². The Bertz CT molecular complexity index is 403. The van der Waals surface area contributed by atoms with Crippen molar-refractivity contribution in [1.82, 2.24) is 4.37 Å². The first-order valence-electron chi connectivity index (χ1n) is 5.78. The number of anilines is 2. The summed E-state index contributed by atoms with van der Waals surface area (Å²) in [6.07, 6.45) is 0.821. The minimum Gasteiger partial charge on any atom is -0.484 e. The summed E-state index contributed by atoms with van der Waals surface area (Å²) < 4.78 is 9.83. The highest BCUT2D eigenvalue weighted by Gasteiger charge is 2.34. The summed E-state index contributed by atoms with van der Waals surface area (Å²) in [4.78, 5) is 2.09. The third-order valence-corrected chi connectivity index (χ3v) is 3.65. The number of aliphatic hydroxyl groups is 1. The molecule has 1 aromatic rings. The molecule has 0 saturated carbocycles. The molecule has 2 heterocycles. The molecule has 0 spiro atoms. The van der Waals surface area contributed by atoms with Crippen molar-refractivity contribution in [3.63, 3.8) is 0 Å². The maximum Gasteiger partial charge on any atom is 0.198 e. The fourth-order valence-electron chi connectivity index (χ4n) is 1.95. The summed E-state index contributed by atoms with van der Waals surface area (Å²) in [6, 6.07) is 0. The van der Waals surface area contributed by atoms with Gasteiger partial charge in [0.1, 0.15) is 0 Å². The predicted octanol–water partition coefficient (Wildman–Crippen LogP) is 1.47. The lowest BCUT2D eigenvalue weighted by atomic mass is 10.1. The molecule has 0 bridgehead atoms. The van der Waals surface area contributed by atoms with Crippen molar-refractivity contribution in [1.29, 1.82) is 0 Å². The highest BCUT2D eigenvalue weighted by molar-refractivity contribution is 7.11. The Kier molecular flexibility index (Phi) is 3.18. The molecule has 1 saturated heterocycles. The Morgan fingerprint density at radius 2 is 2.29 bits per heavy atom. The van der Waals surface area contributed by atoms with E-state index >= 15 is 0 Å². The van der Waals surface area contributed by atoms with E-state index in [0.717, 1.165) is 18.0 Å². The van der Waals surface area contributed by atoms with Crippen molar-refractivity contribution in [3.05, 3.63) is 0 Å². The minimum atomic E-state index is -0.631. The fourth-order valence-corrected chi connectivity index (χ4v) is 2.73. The van der Waals surface area contributed by atoms with Crippen molar-refractivity contribution < 1.29 is 9.84 Å². The van der Waals surface area contributed by atoms with Crippen LogP contribution in [-0.4, -0.2) is 34.3 Å². The summed E-state index contributed by atoms with van der Waals surface area (Å²) in [5, 5.41) is 10.9. The molecule has 0 aliphatic carbocycles. The van der Waals surface area contributed by atoms with Gasteiger partial charge in [0.2, 0.25) is 0 Å². The maximum absolute atomic E-state index is 9.98. The third-order valence-electron chi connectivity index (χ3n) is 2.75. The second-order valence-electron chi connectivity index (χ2n) is 5.04. The molecular formula is C11H19N3O2S. The smallest absolute Gasteiger partial charge is 0.198 e. The quantitative estimate of drug-likeness (QED) is 0.858. The highest BCUT2D eigenvalue weighted by Crippen LogP contribution is 2.41. The summed E-state index contributed by atoms with van der Waals surface area (Å²) in [5.74, 6) is 1.09. The molecule has 3 N–H and O–H groups in total. The number of nitrogens with zero attached hydrogens (tertiary/aromatic N) is 2. The number of aromatic nitrogens is 1. The van der Waals surface area contributed by atoms with Gasteiger partial charge in [-0.05, 0) is 38.7 Å². The van der Waals surface area contributed by atoms with Crippen LogP contribution in [0.3, 0.4) is 0 Å². The van der Waals surface area contributed by atoms with E-state index in [-0.39, 0.29) is 6.10 Å². The summed E-state index contributed by atoms with van der Waals surface area (Å²) in [6.45, 7) is 7.18. The molecule has 0 amide bonds. The van der Waals surface area contributed by atoms with Gasteiger partial charge < -0.3 is 20.5 Å². The van der Waals surface area contributed by atoms with Gasteiger partial charge in [-0.25, -0.2) is 0 Å². The van der Waals surface area contributed by atoms with Crippen LogP contribution in [0.15, 0.2) is 0 Å². The molecule has 1 aliphatic heterocycles. The number of hydrogen-bond donors (Lipinski definition) is 2. The summed E-state index contributed by atoms with van der Waals surface area (Å²) >= 11 is 1.33. The average Bonchev–Trinajstić information content (AvgIpc) is 2.71. The van der Waals surface area contributed by atoms with Crippen molar-refractivity contribution in [2.45, 2.75) is 38.9 Å². The first-order chi connectivity index (χ1) is 7.89. The average molecular weight is 257 g/mol. The zero-order valence-electron chi connectivity index (χ0n) is 10.4. The first kappa shape index (κ1) is 12.4. The van der Waals surface area contributed by atoms with Crippen LogP contribution < -0.4 is 15.4 Å². The molecule has 17 heavy (non-hydrogen) atoms. The second-order valence-corrected chi connectivity index (χ2v) is 5.79. The monoisotopic (exact) mass is 257 g/mol. The lowest BCUT2D eigenvalue weighted by Gasteiger charge is -2.20. The third kappa shape index (κ3) is 2.63. The zero-order chi connectivity index (χ0) is 12.6. The Balaban J connectivity index is 2.21. The van der Waals surface area contributed by atoms with Crippen LogP contribution in [0.1, 0.15) is 27.2 Å². The molecule has 1 unspecified atom stereocenters. The molecule has 96 valence electrons. The molecule has 1 aliphatic rings. The van der Waals surface area contributed by atoms with E-state index < -0.39 is 5.60 Å². The predicted molar refractivity (Wildman–Crippen MR) is 69.7 cm³/mol. The van der Waals surface area contributed by atoms with E-state index in [0.29, 0.717) is 18.1 Å². The molecule has 1 fully saturated rings. The first-order valence-corrected chi connectivity index (χ1v) is 6.55. The van der Waals surface area contributed by atoms with Crippen LogP contribution in [0.4, 0.5) is 10.8 Å². The molecule has 0 aromatic carbocycles. The normalized spacial score (nSPS) is 24.6. The van der Waals surface area contributed by atoms with Crippen molar-refractivity contribution in [3.8, 4) is 5.75 Å². The van der Waals surface area contributed by atoms with Crippen LogP contribution in [0, 0.1) is 0 Å². The molecule has 1 atom stereocenters. The van der Waals surface area contributed by atoms with E-state index in [1.54, 1.807) is 0 Å². The lowest BCUT2D eigenvalue weighted by molar-refractivity contribution is 0.0839. The number of ether oxygens (including phenoxy) is 1. The molecular weight excluding hydrogens is 238 g/mol. The Morgan fingerprint density at radius 3 is 2.82 bits per heavy atom.